The molecule has 0 aliphatic rings. The Labute approximate surface area is 217 Å². The second-order valence-corrected chi connectivity index (χ2v) is 8.71. The summed E-state index contributed by atoms with van der Waals surface area (Å²) < 4.78 is 22.4. The molecule has 0 aliphatic heterocycles. The van der Waals surface area contributed by atoms with Crippen molar-refractivity contribution in [3.8, 4) is 23.0 Å². The van der Waals surface area contributed by atoms with E-state index in [9.17, 15) is 4.79 Å². The fraction of sp³-hybridized carbons (Fsp3) is 0.250. The van der Waals surface area contributed by atoms with E-state index in [2.05, 4.69) is 27.3 Å². The molecular formula is C24H26ClN5O5S. The van der Waals surface area contributed by atoms with Crippen LogP contribution in [0.5, 0.6) is 23.0 Å². The number of ether oxygens (including phenoxy) is 4. The number of anilines is 1. The molecule has 3 rings (SSSR count). The second kappa shape index (κ2) is 13.3. The fourth-order valence-electron chi connectivity index (χ4n) is 3.07. The summed E-state index contributed by atoms with van der Waals surface area (Å²) in [6.07, 6.45) is 4.03. The Hall–Kier alpha value is -3.83. The number of carbonyl (C=O) groups excluding carboxylic acids is 1. The number of methoxy groups -OCH3 is 2. The molecule has 190 valence electrons. The zero-order valence-corrected chi connectivity index (χ0v) is 21.4. The zero-order valence-electron chi connectivity index (χ0n) is 19.8. The van der Waals surface area contributed by atoms with E-state index in [0.717, 1.165) is 23.3 Å². The minimum atomic E-state index is -0.354. The van der Waals surface area contributed by atoms with Gasteiger partial charge < -0.3 is 24.7 Å². The number of nitrogen functional groups attached to an aromatic ring is 1. The number of aromatic nitrogens is 2. The Morgan fingerprint density at radius 3 is 2.61 bits per heavy atom. The van der Waals surface area contributed by atoms with E-state index in [1.54, 1.807) is 19.2 Å². The van der Waals surface area contributed by atoms with Gasteiger partial charge in [0, 0.05) is 0 Å². The average Bonchev–Trinajstić information content (AvgIpc) is 3.27. The van der Waals surface area contributed by atoms with E-state index < -0.39 is 0 Å². The molecule has 12 heteroatoms. The lowest BCUT2D eigenvalue weighted by atomic mass is 10.1. The van der Waals surface area contributed by atoms with Crippen LogP contribution in [-0.2, 0) is 17.6 Å². The summed E-state index contributed by atoms with van der Waals surface area (Å²) in [5, 5.41) is 12.5. The van der Waals surface area contributed by atoms with Gasteiger partial charge in [0.25, 0.3) is 0 Å². The number of nitrogens with two attached hydrogens (primary N) is 1. The predicted molar refractivity (Wildman–Crippen MR) is 140 cm³/mol. The van der Waals surface area contributed by atoms with Crippen LogP contribution in [0.3, 0.4) is 0 Å². The van der Waals surface area contributed by atoms with Crippen molar-refractivity contribution in [2.24, 2.45) is 5.10 Å². The smallest absolute Gasteiger partial charge is 0.247 e. The topological polar surface area (TPSA) is 130 Å². The average molecular weight is 532 g/mol. The highest BCUT2D eigenvalue weighted by Gasteiger charge is 2.13. The van der Waals surface area contributed by atoms with Crippen molar-refractivity contribution in [2.75, 3.05) is 33.2 Å². The Bertz CT molecular complexity index is 1230. The van der Waals surface area contributed by atoms with Crippen LogP contribution in [0.4, 0.5) is 5.13 Å². The first-order valence-corrected chi connectivity index (χ1v) is 11.9. The predicted octanol–water partition coefficient (Wildman–Crippen LogP) is 3.67. The summed E-state index contributed by atoms with van der Waals surface area (Å²) in [6, 6.07) is 9.04. The largest absolute Gasteiger partial charge is 0.493 e. The van der Waals surface area contributed by atoms with Gasteiger partial charge in [0.05, 0.1) is 31.9 Å². The third kappa shape index (κ3) is 7.59. The molecule has 0 spiro atoms. The summed E-state index contributed by atoms with van der Waals surface area (Å²) in [5.41, 5.74) is 9.61. The summed E-state index contributed by atoms with van der Waals surface area (Å²) in [4.78, 5) is 12.0. The Morgan fingerprint density at radius 2 is 1.92 bits per heavy atom. The molecule has 1 heterocycles. The highest BCUT2D eigenvalue weighted by atomic mass is 35.5. The van der Waals surface area contributed by atoms with E-state index in [4.69, 9.17) is 36.3 Å². The third-order valence-electron chi connectivity index (χ3n) is 4.64. The van der Waals surface area contributed by atoms with Crippen molar-refractivity contribution in [1.82, 2.24) is 15.6 Å². The van der Waals surface area contributed by atoms with Gasteiger partial charge in [-0.15, -0.1) is 16.8 Å². The van der Waals surface area contributed by atoms with Gasteiger partial charge in [0.2, 0.25) is 11.0 Å². The maximum absolute atomic E-state index is 12.0. The molecule has 0 radical (unpaired) electrons. The molecule has 0 unspecified atom stereocenters. The molecule has 0 aliphatic carbocycles. The van der Waals surface area contributed by atoms with Crippen LogP contribution in [0, 0.1) is 0 Å². The number of carbonyl (C=O) groups is 1. The lowest BCUT2D eigenvalue weighted by Gasteiger charge is -2.15. The monoisotopic (exact) mass is 531 g/mol. The van der Waals surface area contributed by atoms with Gasteiger partial charge in [-0.2, -0.15) is 5.10 Å². The number of hydrazone groups is 1. The molecular weight excluding hydrogens is 506 g/mol. The van der Waals surface area contributed by atoms with Gasteiger partial charge in [0.15, 0.2) is 23.0 Å². The van der Waals surface area contributed by atoms with Crippen LogP contribution in [0.1, 0.15) is 16.1 Å². The normalized spacial score (nSPS) is 10.8. The summed E-state index contributed by atoms with van der Waals surface area (Å²) in [6.45, 7) is 4.22. The summed E-state index contributed by atoms with van der Waals surface area (Å²) >= 11 is 7.55. The number of nitrogens with zero attached hydrogens (tertiary/aromatic N) is 3. The molecule has 2 aromatic carbocycles. The van der Waals surface area contributed by atoms with Gasteiger partial charge in [-0.1, -0.05) is 35.1 Å². The molecule has 0 saturated carbocycles. The second-order valence-electron chi connectivity index (χ2n) is 7.21. The van der Waals surface area contributed by atoms with E-state index >= 15 is 0 Å². The molecule has 0 fully saturated rings. The molecule has 1 amide bonds. The highest BCUT2D eigenvalue weighted by Crippen LogP contribution is 2.36. The highest BCUT2D eigenvalue weighted by molar-refractivity contribution is 7.15. The van der Waals surface area contributed by atoms with E-state index in [-0.39, 0.29) is 25.5 Å². The molecule has 36 heavy (non-hydrogen) atoms. The van der Waals surface area contributed by atoms with Crippen LogP contribution in [0.15, 0.2) is 48.1 Å². The maximum Gasteiger partial charge on any atom is 0.247 e. The van der Waals surface area contributed by atoms with Gasteiger partial charge >= 0.3 is 0 Å². The first kappa shape index (κ1) is 26.8. The van der Waals surface area contributed by atoms with Gasteiger partial charge in [0.1, 0.15) is 18.2 Å². The number of hydrogen-bond acceptors (Lipinski definition) is 10. The number of nitrogens with one attached hydrogen (secondary N) is 1. The lowest BCUT2D eigenvalue weighted by molar-refractivity contribution is -0.120. The van der Waals surface area contributed by atoms with Crippen LogP contribution >= 0.6 is 22.9 Å². The number of allylic oxidation sites excluding steroid dienone is 1. The van der Waals surface area contributed by atoms with Crippen LogP contribution in [0.2, 0.25) is 5.02 Å². The first-order chi connectivity index (χ1) is 17.4. The molecule has 3 N–H and O–H groups in total. The van der Waals surface area contributed by atoms with E-state index in [0.29, 0.717) is 43.7 Å². The molecule has 0 atom stereocenters. The SMILES string of the molecule is C=CCc1ccc(OCCOc2c(Cl)cc(/C=N\NC(=O)Cc3nnc(N)s3)cc2OC)c(OC)c1. The van der Waals surface area contributed by atoms with Gasteiger partial charge in [-0.25, -0.2) is 5.43 Å². The number of rotatable bonds is 13. The third-order valence-corrected chi connectivity index (χ3v) is 5.68. The molecule has 1 aromatic heterocycles. The number of amides is 1. The molecule has 0 bridgehead atoms. The standard InChI is InChI=1S/C24H26ClN5O5S/c1-4-5-15-6-7-18(19(11-15)32-2)34-8-9-35-23-17(25)10-16(12-20(23)33-3)14-27-28-21(31)13-22-29-30-24(26)36-22/h4,6-7,10-12,14H,1,5,8-9,13H2,2-3H3,(H2,26,30)(H,28,31)/b27-14-. The van der Waals surface area contributed by atoms with Crippen LogP contribution < -0.4 is 30.1 Å². The Balaban J connectivity index is 1.55. The van der Waals surface area contributed by atoms with Crippen molar-refractivity contribution in [2.45, 2.75) is 12.8 Å². The van der Waals surface area contributed by atoms with Crippen molar-refractivity contribution in [1.29, 1.82) is 0 Å². The lowest BCUT2D eigenvalue weighted by Crippen LogP contribution is -2.19. The summed E-state index contributed by atoms with van der Waals surface area (Å²) in [5.74, 6) is 1.66. The fourth-order valence-corrected chi connectivity index (χ4v) is 3.95. The first-order valence-electron chi connectivity index (χ1n) is 10.7. The van der Waals surface area contributed by atoms with Crippen molar-refractivity contribution >= 4 is 40.2 Å². The summed E-state index contributed by atoms with van der Waals surface area (Å²) in [7, 11) is 3.09. The van der Waals surface area contributed by atoms with Crippen molar-refractivity contribution in [3.63, 3.8) is 0 Å². The van der Waals surface area contributed by atoms with E-state index in [1.165, 1.54) is 13.3 Å². The van der Waals surface area contributed by atoms with Gasteiger partial charge in [-0.05, 0) is 41.8 Å². The van der Waals surface area contributed by atoms with Gasteiger partial charge in [-0.3, -0.25) is 4.79 Å². The minimum Gasteiger partial charge on any atom is -0.493 e. The zero-order chi connectivity index (χ0) is 25.9. The quantitative estimate of drug-likeness (QED) is 0.148. The Kier molecular flexibility index (Phi) is 9.90. The van der Waals surface area contributed by atoms with Crippen molar-refractivity contribution in [3.05, 3.63) is 64.1 Å². The molecule has 0 saturated heterocycles. The van der Waals surface area contributed by atoms with Crippen LogP contribution in [-0.4, -0.2) is 49.8 Å². The van der Waals surface area contributed by atoms with E-state index in [1.807, 2.05) is 24.3 Å². The van der Waals surface area contributed by atoms with Crippen LogP contribution in [0.25, 0.3) is 0 Å². The molecule has 3 aromatic rings. The maximum atomic E-state index is 12.0. The minimum absolute atomic E-state index is 0.0238. The van der Waals surface area contributed by atoms with Crippen molar-refractivity contribution < 1.29 is 23.7 Å². The Morgan fingerprint density at radius 1 is 1.14 bits per heavy atom. The number of halogens is 1. The number of hydrogen-bond donors (Lipinski definition) is 2. The molecule has 10 nitrogen and oxygen atoms in total. The number of benzene rings is 2.